The number of likely N-dealkylation sites (N-methyl/N-ethyl adjacent to an activating group) is 1. The molecule has 0 radical (unpaired) electrons. The van der Waals surface area contributed by atoms with E-state index in [1.54, 1.807) is 0 Å². The van der Waals surface area contributed by atoms with Crippen molar-refractivity contribution in [1.82, 2.24) is 15.1 Å². The second-order valence-electron chi connectivity index (χ2n) is 6.03. The van der Waals surface area contributed by atoms with Gasteiger partial charge in [0.15, 0.2) is 0 Å². The van der Waals surface area contributed by atoms with Crippen LogP contribution in [-0.2, 0) is 0 Å². The summed E-state index contributed by atoms with van der Waals surface area (Å²) in [6.07, 6.45) is 8.56. The van der Waals surface area contributed by atoms with E-state index in [0.29, 0.717) is 0 Å². The summed E-state index contributed by atoms with van der Waals surface area (Å²) in [5.74, 6) is 0. The predicted octanol–water partition coefficient (Wildman–Crippen LogP) is 2.06. The van der Waals surface area contributed by atoms with Gasteiger partial charge < -0.3 is 15.1 Å². The van der Waals surface area contributed by atoms with Crippen molar-refractivity contribution < 1.29 is 4.79 Å². The van der Waals surface area contributed by atoms with Crippen LogP contribution in [0.15, 0.2) is 0 Å². The summed E-state index contributed by atoms with van der Waals surface area (Å²) in [4.78, 5) is 16.4. The van der Waals surface area contributed by atoms with Crippen molar-refractivity contribution in [2.24, 2.45) is 0 Å². The fraction of sp³-hybridized carbons (Fsp3) is 0.929. The molecule has 0 unspecified atom stereocenters. The van der Waals surface area contributed by atoms with Gasteiger partial charge >= 0.3 is 6.03 Å². The third kappa shape index (κ3) is 2.97. The normalized spacial score (nSPS) is 23.4. The third-order valence-corrected chi connectivity index (χ3v) is 4.69. The number of carbonyl (C=O) groups excluding carboxylic acids is 1. The zero-order chi connectivity index (χ0) is 13.0. The van der Waals surface area contributed by atoms with E-state index in [4.69, 9.17) is 0 Å². The van der Waals surface area contributed by atoms with Crippen LogP contribution in [0.4, 0.5) is 4.79 Å². The van der Waals surface area contributed by atoms with Gasteiger partial charge in [-0.05, 0) is 46.2 Å². The molecule has 4 heteroatoms. The van der Waals surface area contributed by atoms with Crippen LogP contribution < -0.4 is 5.32 Å². The summed E-state index contributed by atoms with van der Waals surface area (Å²) in [7, 11) is 4.24. The first-order valence-corrected chi connectivity index (χ1v) is 7.34. The quantitative estimate of drug-likeness (QED) is 0.835. The molecule has 0 aromatic carbocycles. The van der Waals surface area contributed by atoms with Crippen molar-refractivity contribution in [2.45, 2.75) is 50.5 Å². The number of likely N-dealkylation sites (tertiary alicyclic amines) is 1. The number of carbonyl (C=O) groups is 1. The van der Waals surface area contributed by atoms with E-state index >= 15 is 0 Å². The van der Waals surface area contributed by atoms with Gasteiger partial charge in [-0.15, -0.1) is 0 Å². The summed E-state index contributed by atoms with van der Waals surface area (Å²) in [6.45, 7) is 2.66. The molecule has 1 aliphatic carbocycles. The van der Waals surface area contributed by atoms with Crippen LogP contribution in [0.2, 0.25) is 0 Å². The van der Waals surface area contributed by atoms with Gasteiger partial charge in [0.05, 0.1) is 0 Å². The Morgan fingerprint density at radius 1 is 1.11 bits per heavy atom. The van der Waals surface area contributed by atoms with E-state index in [1.165, 1.54) is 32.1 Å². The van der Waals surface area contributed by atoms with Crippen molar-refractivity contribution in [3.8, 4) is 0 Å². The maximum atomic E-state index is 12.2. The average molecular weight is 253 g/mol. The highest BCUT2D eigenvalue weighted by Crippen LogP contribution is 2.35. The zero-order valence-electron chi connectivity index (χ0n) is 11.9. The van der Waals surface area contributed by atoms with Gasteiger partial charge in [-0.1, -0.05) is 12.8 Å². The summed E-state index contributed by atoms with van der Waals surface area (Å²) in [6, 6.07) is 0.144. The number of hydrogen-bond acceptors (Lipinski definition) is 2. The molecule has 4 nitrogen and oxygen atoms in total. The Morgan fingerprint density at radius 2 is 1.72 bits per heavy atom. The first-order valence-electron chi connectivity index (χ1n) is 7.34. The zero-order valence-corrected chi connectivity index (χ0v) is 11.9. The Kier molecular flexibility index (Phi) is 4.49. The lowest BCUT2D eigenvalue weighted by Gasteiger charge is -2.47. The molecule has 1 N–H and O–H groups in total. The second kappa shape index (κ2) is 5.91. The molecular formula is C14H27N3O. The second-order valence-corrected chi connectivity index (χ2v) is 6.03. The Balaban J connectivity index is 1.80. The molecule has 104 valence electrons. The van der Waals surface area contributed by atoms with Crippen LogP contribution >= 0.6 is 0 Å². The Labute approximate surface area is 111 Å². The van der Waals surface area contributed by atoms with Gasteiger partial charge in [0.2, 0.25) is 0 Å². The van der Waals surface area contributed by atoms with Gasteiger partial charge in [0, 0.05) is 25.2 Å². The molecule has 0 aromatic heterocycles. The van der Waals surface area contributed by atoms with E-state index in [9.17, 15) is 4.79 Å². The Hall–Kier alpha value is -0.770. The largest absolute Gasteiger partial charge is 0.336 e. The number of urea groups is 1. The lowest BCUT2D eigenvalue weighted by atomic mass is 9.75. The van der Waals surface area contributed by atoms with Gasteiger partial charge in [-0.25, -0.2) is 4.79 Å². The number of hydrogen-bond donors (Lipinski definition) is 1. The minimum absolute atomic E-state index is 0.144. The van der Waals surface area contributed by atoms with Crippen molar-refractivity contribution in [1.29, 1.82) is 0 Å². The molecule has 2 fully saturated rings. The van der Waals surface area contributed by atoms with Crippen molar-refractivity contribution in [2.75, 3.05) is 33.7 Å². The molecule has 2 aliphatic rings. The highest BCUT2D eigenvalue weighted by atomic mass is 16.2. The molecule has 1 saturated carbocycles. The minimum atomic E-state index is 0.144. The van der Waals surface area contributed by atoms with Crippen LogP contribution in [0.1, 0.15) is 44.9 Å². The molecule has 1 heterocycles. The Bertz CT molecular complexity index is 279. The lowest BCUT2D eigenvalue weighted by Crippen LogP contribution is -2.58. The van der Waals surface area contributed by atoms with Crippen LogP contribution in [0.5, 0.6) is 0 Å². The van der Waals surface area contributed by atoms with E-state index in [-0.39, 0.29) is 11.6 Å². The van der Waals surface area contributed by atoms with Crippen LogP contribution in [0, 0.1) is 0 Å². The first kappa shape index (κ1) is 13.7. The van der Waals surface area contributed by atoms with Gasteiger partial charge in [-0.3, -0.25) is 0 Å². The molecule has 0 spiro atoms. The molecule has 0 atom stereocenters. The molecule has 1 saturated heterocycles. The fourth-order valence-electron chi connectivity index (χ4n) is 2.99. The van der Waals surface area contributed by atoms with Crippen LogP contribution in [-0.4, -0.2) is 55.1 Å². The number of amides is 2. The van der Waals surface area contributed by atoms with E-state index in [2.05, 4.69) is 24.3 Å². The maximum absolute atomic E-state index is 12.2. The summed E-state index contributed by atoms with van der Waals surface area (Å²) >= 11 is 0. The molecule has 0 aromatic rings. The smallest absolute Gasteiger partial charge is 0.317 e. The van der Waals surface area contributed by atoms with E-state index < -0.39 is 0 Å². The summed E-state index contributed by atoms with van der Waals surface area (Å²) in [5.41, 5.74) is 0.224. The summed E-state index contributed by atoms with van der Waals surface area (Å²) < 4.78 is 0. The fourth-order valence-corrected chi connectivity index (χ4v) is 2.99. The van der Waals surface area contributed by atoms with E-state index in [1.807, 2.05) is 4.90 Å². The maximum Gasteiger partial charge on any atom is 0.317 e. The molecule has 18 heavy (non-hydrogen) atoms. The highest BCUT2D eigenvalue weighted by Gasteiger charge is 2.39. The monoisotopic (exact) mass is 253 g/mol. The summed E-state index contributed by atoms with van der Waals surface area (Å²) in [5, 5.41) is 3.15. The van der Waals surface area contributed by atoms with Crippen LogP contribution in [0.25, 0.3) is 0 Å². The van der Waals surface area contributed by atoms with Gasteiger partial charge in [0.25, 0.3) is 0 Å². The average Bonchev–Trinajstić information content (AvgIpc) is 2.55. The van der Waals surface area contributed by atoms with E-state index in [0.717, 1.165) is 32.5 Å². The topological polar surface area (TPSA) is 35.6 Å². The highest BCUT2D eigenvalue weighted by molar-refractivity contribution is 5.74. The minimum Gasteiger partial charge on any atom is -0.336 e. The van der Waals surface area contributed by atoms with Crippen molar-refractivity contribution in [3.63, 3.8) is 0 Å². The number of nitrogens with zero attached hydrogens (tertiary/aromatic N) is 2. The molecule has 1 aliphatic heterocycles. The number of nitrogens with one attached hydrogen (secondary N) is 1. The van der Waals surface area contributed by atoms with Gasteiger partial charge in [0.1, 0.15) is 0 Å². The first-order chi connectivity index (χ1) is 8.64. The SMILES string of the molecule is CN(C)C1(CNC(=O)N2CCCCCC2)CCC1. The Morgan fingerprint density at radius 3 is 2.17 bits per heavy atom. The standard InChI is InChI=1S/C14H27N3O/c1-16(2)14(8-7-9-14)12-15-13(18)17-10-5-3-4-6-11-17/h3-12H2,1-2H3,(H,15,18). The molecule has 2 amide bonds. The molecule has 0 bridgehead atoms. The molecular weight excluding hydrogens is 226 g/mol. The molecule has 2 rings (SSSR count). The third-order valence-electron chi connectivity index (χ3n) is 4.69. The lowest BCUT2D eigenvalue weighted by molar-refractivity contribution is 0.0607. The van der Waals surface area contributed by atoms with Crippen molar-refractivity contribution >= 4 is 6.03 Å². The predicted molar refractivity (Wildman–Crippen MR) is 73.7 cm³/mol. The van der Waals surface area contributed by atoms with Gasteiger partial charge in [-0.2, -0.15) is 0 Å². The number of rotatable bonds is 3. The van der Waals surface area contributed by atoms with Crippen molar-refractivity contribution in [3.05, 3.63) is 0 Å². The van der Waals surface area contributed by atoms with Crippen LogP contribution in [0.3, 0.4) is 0 Å².